The van der Waals surface area contributed by atoms with Gasteiger partial charge in [0.2, 0.25) is 0 Å². The van der Waals surface area contributed by atoms with Gasteiger partial charge in [-0.1, -0.05) is 26.5 Å². The van der Waals surface area contributed by atoms with Crippen molar-refractivity contribution < 1.29 is 9.53 Å². The summed E-state index contributed by atoms with van der Waals surface area (Å²) in [6.45, 7) is 11.1. The molecule has 0 rings (SSSR count). The molecule has 0 aromatic carbocycles. The van der Waals surface area contributed by atoms with Gasteiger partial charge >= 0.3 is 5.97 Å². The Morgan fingerprint density at radius 2 is 2.00 bits per heavy atom. The van der Waals surface area contributed by atoms with Crippen molar-refractivity contribution >= 4 is 5.97 Å². The highest BCUT2D eigenvalue weighted by atomic mass is 16.5. The molecular weight excluding hydrogens is 164 g/mol. The van der Waals surface area contributed by atoms with Gasteiger partial charge in [-0.3, -0.25) is 0 Å². The van der Waals surface area contributed by atoms with Crippen LogP contribution in [0.4, 0.5) is 0 Å². The number of ether oxygens (including phenoxy) is 1. The van der Waals surface area contributed by atoms with Crippen molar-refractivity contribution in [2.75, 3.05) is 0 Å². The van der Waals surface area contributed by atoms with Crippen molar-refractivity contribution in [3.63, 3.8) is 0 Å². The predicted molar refractivity (Wildman–Crippen MR) is 54.3 cm³/mol. The second kappa shape index (κ2) is 5.57. The molecule has 0 amide bonds. The van der Waals surface area contributed by atoms with Crippen LogP contribution < -0.4 is 0 Å². The molecule has 0 aliphatic rings. The first-order valence-corrected chi connectivity index (χ1v) is 4.48. The molecule has 2 heteroatoms. The van der Waals surface area contributed by atoms with E-state index in [0.29, 0.717) is 11.5 Å². The molecule has 0 spiro atoms. The summed E-state index contributed by atoms with van der Waals surface area (Å²) in [5.41, 5.74) is 0.440. The molecule has 0 N–H and O–H groups in total. The lowest BCUT2D eigenvalue weighted by Gasteiger charge is -2.17. The van der Waals surface area contributed by atoms with E-state index in [1.54, 1.807) is 6.92 Å². The van der Waals surface area contributed by atoms with Crippen LogP contribution in [0, 0.1) is 5.92 Å². The minimum absolute atomic E-state index is 0.144. The molecule has 0 heterocycles. The molecular formula is C11H18O2. The van der Waals surface area contributed by atoms with E-state index in [-0.39, 0.29) is 12.1 Å². The summed E-state index contributed by atoms with van der Waals surface area (Å²) in [5.74, 6) is -0.0312. The van der Waals surface area contributed by atoms with Gasteiger partial charge in [-0.05, 0) is 25.8 Å². The van der Waals surface area contributed by atoms with Crippen LogP contribution in [0.3, 0.4) is 0 Å². The summed E-state index contributed by atoms with van der Waals surface area (Å²) in [5, 5.41) is 0. The normalized spacial score (nSPS) is 13.3. The van der Waals surface area contributed by atoms with Gasteiger partial charge in [0.25, 0.3) is 0 Å². The topological polar surface area (TPSA) is 26.3 Å². The first kappa shape index (κ1) is 11.9. The van der Waals surface area contributed by atoms with E-state index in [1.807, 2.05) is 32.9 Å². The molecule has 0 saturated carbocycles. The summed E-state index contributed by atoms with van der Waals surface area (Å²) < 4.78 is 5.19. The Bertz CT molecular complexity index is 214. The van der Waals surface area contributed by atoms with Crippen molar-refractivity contribution in [2.24, 2.45) is 5.92 Å². The number of carbonyl (C=O) groups excluding carboxylic acids is 1. The lowest BCUT2D eigenvalue weighted by molar-refractivity contribution is -0.143. The summed E-state index contributed by atoms with van der Waals surface area (Å²) >= 11 is 0. The SMILES string of the molecule is C=C(C)C(=O)O[C@H](/C=C/C)C(C)C. The van der Waals surface area contributed by atoms with Crippen LogP contribution in [0.2, 0.25) is 0 Å². The van der Waals surface area contributed by atoms with Crippen molar-refractivity contribution in [3.8, 4) is 0 Å². The molecule has 1 atom stereocenters. The second-order valence-electron chi connectivity index (χ2n) is 3.42. The van der Waals surface area contributed by atoms with Crippen molar-refractivity contribution in [2.45, 2.75) is 33.8 Å². The Balaban J connectivity index is 4.26. The molecule has 0 aromatic rings. The van der Waals surface area contributed by atoms with Gasteiger partial charge in [0.1, 0.15) is 6.10 Å². The zero-order valence-corrected chi connectivity index (χ0v) is 8.83. The first-order chi connectivity index (χ1) is 5.99. The Morgan fingerprint density at radius 3 is 2.31 bits per heavy atom. The highest BCUT2D eigenvalue weighted by Crippen LogP contribution is 2.10. The lowest BCUT2D eigenvalue weighted by atomic mass is 10.1. The summed E-state index contributed by atoms with van der Waals surface area (Å²) in [6, 6.07) is 0. The highest BCUT2D eigenvalue weighted by molar-refractivity contribution is 5.87. The Hall–Kier alpha value is -1.05. The van der Waals surface area contributed by atoms with Gasteiger partial charge < -0.3 is 4.74 Å². The summed E-state index contributed by atoms with van der Waals surface area (Å²) in [6.07, 6.45) is 3.62. The predicted octanol–water partition coefficient (Wildman–Crippen LogP) is 2.71. The van der Waals surface area contributed by atoms with Crippen LogP contribution in [0.15, 0.2) is 24.3 Å². The molecule has 74 valence electrons. The van der Waals surface area contributed by atoms with Gasteiger partial charge in [-0.15, -0.1) is 0 Å². The molecule has 0 aromatic heterocycles. The second-order valence-corrected chi connectivity index (χ2v) is 3.42. The molecule has 0 bridgehead atoms. The smallest absolute Gasteiger partial charge is 0.333 e. The average molecular weight is 182 g/mol. The van der Waals surface area contributed by atoms with E-state index in [1.165, 1.54) is 0 Å². The largest absolute Gasteiger partial charge is 0.455 e. The molecule has 0 aliphatic heterocycles. The minimum atomic E-state index is -0.322. The van der Waals surface area contributed by atoms with Gasteiger partial charge in [-0.2, -0.15) is 0 Å². The summed E-state index contributed by atoms with van der Waals surface area (Å²) in [4.78, 5) is 11.2. The third-order valence-corrected chi connectivity index (χ3v) is 1.63. The van der Waals surface area contributed by atoms with E-state index < -0.39 is 0 Å². The first-order valence-electron chi connectivity index (χ1n) is 4.48. The molecule has 0 unspecified atom stereocenters. The Labute approximate surface area is 80.3 Å². The minimum Gasteiger partial charge on any atom is -0.455 e. The van der Waals surface area contributed by atoms with E-state index in [2.05, 4.69) is 6.58 Å². The number of allylic oxidation sites excluding steroid dienone is 1. The molecule has 13 heavy (non-hydrogen) atoms. The van der Waals surface area contributed by atoms with Crippen LogP contribution in [0.25, 0.3) is 0 Å². The number of hydrogen-bond donors (Lipinski definition) is 0. The Morgan fingerprint density at radius 1 is 1.46 bits per heavy atom. The zero-order chi connectivity index (χ0) is 10.4. The summed E-state index contributed by atoms with van der Waals surface area (Å²) in [7, 11) is 0. The fourth-order valence-electron chi connectivity index (χ4n) is 0.811. The van der Waals surface area contributed by atoms with Gasteiger partial charge in [0, 0.05) is 5.57 Å². The van der Waals surface area contributed by atoms with E-state index in [4.69, 9.17) is 4.74 Å². The van der Waals surface area contributed by atoms with Crippen LogP contribution in [-0.4, -0.2) is 12.1 Å². The third-order valence-electron chi connectivity index (χ3n) is 1.63. The average Bonchev–Trinajstić information content (AvgIpc) is 2.03. The maximum absolute atomic E-state index is 11.2. The quantitative estimate of drug-likeness (QED) is 0.379. The van der Waals surface area contributed by atoms with Crippen LogP contribution in [0.5, 0.6) is 0 Å². The maximum Gasteiger partial charge on any atom is 0.333 e. The number of hydrogen-bond acceptors (Lipinski definition) is 2. The van der Waals surface area contributed by atoms with Crippen molar-refractivity contribution in [3.05, 3.63) is 24.3 Å². The molecule has 0 aliphatic carbocycles. The van der Waals surface area contributed by atoms with Gasteiger partial charge in [0.15, 0.2) is 0 Å². The third kappa shape index (κ3) is 4.51. The molecule has 0 saturated heterocycles. The van der Waals surface area contributed by atoms with E-state index in [9.17, 15) is 4.79 Å². The van der Waals surface area contributed by atoms with Gasteiger partial charge in [-0.25, -0.2) is 4.79 Å². The highest BCUT2D eigenvalue weighted by Gasteiger charge is 2.14. The maximum atomic E-state index is 11.2. The van der Waals surface area contributed by atoms with Crippen molar-refractivity contribution in [1.29, 1.82) is 0 Å². The Kier molecular flexibility index (Phi) is 5.12. The fourth-order valence-corrected chi connectivity index (χ4v) is 0.811. The van der Waals surface area contributed by atoms with Gasteiger partial charge in [0.05, 0.1) is 0 Å². The zero-order valence-electron chi connectivity index (χ0n) is 8.83. The number of esters is 1. The molecule has 0 radical (unpaired) electrons. The van der Waals surface area contributed by atoms with Crippen LogP contribution in [0.1, 0.15) is 27.7 Å². The van der Waals surface area contributed by atoms with Crippen molar-refractivity contribution in [1.82, 2.24) is 0 Å². The van der Waals surface area contributed by atoms with E-state index >= 15 is 0 Å². The van der Waals surface area contributed by atoms with E-state index in [0.717, 1.165) is 0 Å². The van der Waals surface area contributed by atoms with Crippen LogP contribution >= 0.6 is 0 Å². The fraction of sp³-hybridized carbons (Fsp3) is 0.545. The standard InChI is InChI=1S/C11H18O2/c1-6-7-10(8(2)3)13-11(12)9(4)5/h6-8,10H,4H2,1-3,5H3/b7-6+/t10-/m1/s1. The number of rotatable bonds is 4. The molecule has 2 nitrogen and oxygen atoms in total. The molecule has 0 fully saturated rings. The lowest BCUT2D eigenvalue weighted by Crippen LogP contribution is -2.21. The number of carbonyl (C=O) groups is 1. The monoisotopic (exact) mass is 182 g/mol. The van der Waals surface area contributed by atoms with Crippen LogP contribution in [-0.2, 0) is 9.53 Å².